The van der Waals surface area contributed by atoms with Crippen LogP contribution in [0.15, 0.2) is 18.2 Å². The van der Waals surface area contributed by atoms with E-state index < -0.39 is 12.1 Å². The molecule has 1 aliphatic heterocycles. The SMILES string of the molecule is NCc1ccc(N2CCCC(C(F)(F)F)C2)c(Cl)c1. The summed E-state index contributed by atoms with van der Waals surface area (Å²) in [4.78, 5) is 1.71. The second kappa shape index (κ2) is 5.59. The molecule has 1 aromatic carbocycles. The number of rotatable bonds is 2. The zero-order chi connectivity index (χ0) is 14.0. The summed E-state index contributed by atoms with van der Waals surface area (Å²) < 4.78 is 38.3. The van der Waals surface area contributed by atoms with Crippen molar-refractivity contribution in [2.24, 2.45) is 11.7 Å². The van der Waals surface area contributed by atoms with Gasteiger partial charge in [-0.05, 0) is 30.5 Å². The topological polar surface area (TPSA) is 29.3 Å². The van der Waals surface area contributed by atoms with Crippen LogP contribution in [0.2, 0.25) is 5.02 Å². The predicted octanol–water partition coefficient (Wildman–Crippen LogP) is 3.58. The second-order valence-electron chi connectivity index (χ2n) is 4.82. The standard InChI is InChI=1S/C13H16ClF3N2/c14-11-6-9(7-18)3-4-12(11)19-5-1-2-10(8-19)13(15,16)17/h3-4,6,10H,1-2,5,7-8,18H2. The molecule has 2 rings (SSSR count). The molecule has 0 aliphatic carbocycles. The van der Waals surface area contributed by atoms with Crippen LogP contribution in [0.1, 0.15) is 18.4 Å². The summed E-state index contributed by atoms with van der Waals surface area (Å²) in [5.74, 6) is -1.27. The quantitative estimate of drug-likeness (QED) is 0.903. The molecule has 1 aromatic rings. The number of anilines is 1. The normalized spacial score (nSPS) is 20.7. The smallest absolute Gasteiger partial charge is 0.370 e. The molecular formula is C13H16ClF3N2. The summed E-state index contributed by atoms with van der Waals surface area (Å²) in [5, 5.41) is 0.464. The maximum absolute atomic E-state index is 12.8. The van der Waals surface area contributed by atoms with Gasteiger partial charge in [0.1, 0.15) is 0 Å². The summed E-state index contributed by atoms with van der Waals surface area (Å²) in [5.41, 5.74) is 7.04. The Morgan fingerprint density at radius 2 is 2.11 bits per heavy atom. The zero-order valence-corrected chi connectivity index (χ0v) is 11.1. The Kier molecular flexibility index (Phi) is 4.26. The van der Waals surface area contributed by atoms with Crippen LogP contribution in [-0.2, 0) is 6.54 Å². The highest BCUT2D eigenvalue weighted by Gasteiger charge is 2.42. The Balaban J connectivity index is 2.17. The lowest BCUT2D eigenvalue weighted by Gasteiger charge is -2.35. The van der Waals surface area contributed by atoms with E-state index in [0.29, 0.717) is 30.2 Å². The molecule has 1 unspecified atom stereocenters. The second-order valence-corrected chi connectivity index (χ2v) is 5.22. The highest BCUT2D eigenvalue weighted by atomic mass is 35.5. The van der Waals surface area contributed by atoms with Gasteiger partial charge in [0, 0.05) is 19.6 Å². The van der Waals surface area contributed by atoms with Gasteiger partial charge in [0.05, 0.1) is 16.6 Å². The summed E-state index contributed by atoms with van der Waals surface area (Å²) in [6.07, 6.45) is -3.42. The Morgan fingerprint density at radius 3 is 2.68 bits per heavy atom. The Labute approximate surface area is 115 Å². The van der Waals surface area contributed by atoms with E-state index in [1.54, 1.807) is 23.1 Å². The monoisotopic (exact) mass is 292 g/mol. The molecule has 1 fully saturated rings. The Morgan fingerprint density at radius 1 is 1.37 bits per heavy atom. The van der Waals surface area contributed by atoms with Gasteiger partial charge in [0.15, 0.2) is 0 Å². The van der Waals surface area contributed by atoms with Crippen LogP contribution in [0.5, 0.6) is 0 Å². The third-order valence-corrected chi connectivity index (χ3v) is 3.78. The third kappa shape index (κ3) is 3.34. The van der Waals surface area contributed by atoms with Crippen molar-refractivity contribution in [3.8, 4) is 0 Å². The zero-order valence-electron chi connectivity index (χ0n) is 10.4. The minimum atomic E-state index is -4.14. The van der Waals surface area contributed by atoms with E-state index in [2.05, 4.69) is 0 Å². The lowest BCUT2D eigenvalue weighted by molar-refractivity contribution is -0.175. The molecule has 6 heteroatoms. The van der Waals surface area contributed by atoms with Gasteiger partial charge in [-0.1, -0.05) is 17.7 Å². The molecule has 19 heavy (non-hydrogen) atoms. The highest BCUT2D eigenvalue weighted by Crippen LogP contribution is 2.36. The number of nitrogens with two attached hydrogens (primary N) is 1. The number of hydrogen-bond donors (Lipinski definition) is 1. The Hall–Kier alpha value is -0.940. The number of halogens is 4. The van der Waals surface area contributed by atoms with E-state index in [0.717, 1.165) is 5.56 Å². The number of piperidine rings is 1. The van der Waals surface area contributed by atoms with Crippen molar-refractivity contribution in [3.05, 3.63) is 28.8 Å². The highest BCUT2D eigenvalue weighted by molar-refractivity contribution is 6.33. The fourth-order valence-electron chi connectivity index (χ4n) is 2.40. The molecule has 1 saturated heterocycles. The van der Waals surface area contributed by atoms with E-state index >= 15 is 0 Å². The Bertz CT molecular complexity index is 448. The summed E-state index contributed by atoms with van der Waals surface area (Å²) in [7, 11) is 0. The maximum atomic E-state index is 12.8. The van der Waals surface area contributed by atoms with Crippen molar-refractivity contribution in [3.63, 3.8) is 0 Å². The number of benzene rings is 1. The van der Waals surface area contributed by atoms with Gasteiger partial charge in [0.25, 0.3) is 0 Å². The number of nitrogens with zero attached hydrogens (tertiary/aromatic N) is 1. The van der Waals surface area contributed by atoms with Crippen molar-refractivity contribution in [2.45, 2.75) is 25.6 Å². The summed E-state index contributed by atoms with van der Waals surface area (Å²) >= 11 is 6.13. The first-order valence-corrected chi connectivity index (χ1v) is 6.59. The molecule has 0 aromatic heterocycles. The van der Waals surface area contributed by atoms with Crippen LogP contribution in [0.4, 0.5) is 18.9 Å². The first-order valence-electron chi connectivity index (χ1n) is 6.22. The predicted molar refractivity (Wildman–Crippen MR) is 70.3 cm³/mol. The van der Waals surface area contributed by atoms with Crippen LogP contribution in [0, 0.1) is 5.92 Å². The van der Waals surface area contributed by atoms with Gasteiger partial charge < -0.3 is 10.6 Å². The van der Waals surface area contributed by atoms with Gasteiger partial charge in [-0.2, -0.15) is 13.2 Å². The summed E-state index contributed by atoms with van der Waals surface area (Å²) in [6, 6.07) is 5.27. The van der Waals surface area contributed by atoms with E-state index in [4.69, 9.17) is 17.3 Å². The van der Waals surface area contributed by atoms with Crippen LogP contribution in [0.25, 0.3) is 0 Å². The van der Waals surface area contributed by atoms with Gasteiger partial charge in [-0.3, -0.25) is 0 Å². The molecule has 0 spiro atoms. The minimum Gasteiger partial charge on any atom is -0.370 e. The first-order chi connectivity index (χ1) is 8.91. The molecule has 1 atom stereocenters. The van der Waals surface area contributed by atoms with Crippen molar-refractivity contribution in [2.75, 3.05) is 18.0 Å². The van der Waals surface area contributed by atoms with E-state index in [1.165, 1.54) is 0 Å². The van der Waals surface area contributed by atoms with Crippen molar-refractivity contribution in [1.82, 2.24) is 0 Å². The van der Waals surface area contributed by atoms with Gasteiger partial charge >= 0.3 is 6.18 Å². The van der Waals surface area contributed by atoms with Gasteiger partial charge in [-0.15, -0.1) is 0 Å². The molecule has 2 N–H and O–H groups in total. The average molecular weight is 293 g/mol. The van der Waals surface area contributed by atoms with Crippen molar-refractivity contribution < 1.29 is 13.2 Å². The van der Waals surface area contributed by atoms with Crippen molar-refractivity contribution in [1.29, 1.82) is 0 Å². The molecule has 0 bridgehead atoms. The molecule has 0 radical (unpaired) electrons. The van der Waals surface area contributed by atoms with Crippen LogP contribution in [0.3, 0.4) is 0 Å². The fourth-order valence-corrected chi connectivity index (χ4v) is 2.72. The van der Waals surface area contributed by atoms with Crippen LogP contribution >= 0.6 is 11.6 Å². The largest absolute Gasteiger partial charge is 0.393 e. The molecule has 0 amide bonds. The maximum Gasteiger partial charge on any atom is 0.393 e. The number of alkyl halides is 3. The van der Waals surface area contributed by atoms with Crippen LogP contribution in [-0.4, -0.2) is 19.3 Å². The van der Waals surface area contributed by atoms with E-state index in [1.807, 2.05) is 0 Å². The molecular weight excluding hydrogens is 277 g/mol. The van der Waals surface area contributed by atoms with E-state index in [-0.39, 0.29) is 13.0 Å². The fraction of sp³-hybridized carbons (Fsp3) is 0.538. The molecule has 2 nitrogen and oxygen atoms in total. The molecule has 0 saturated carbocycles. The van der Waals surface area contributed by atoms with Gasteiger partial charge in [-0.25, -0.2) is 0 Å². The minimum absolute atomic E-state index is 0.0226. The molecule has 106 valence electrons. The first kappa shape index (κ1) is 14.5. The summed E-state index contributed by atoms with van der Waals surface area (Å²) in [6.45, 7) is 0.949. The average Bonchev–Trinajstić information content (AvgIpc) is 2.37. The molecule has 1 heterocycles. The van der Waals surface area contributed by atoms with Crippen molar-refractivity contribution >= 4 is 17.3 Å². The third-order valence-electron chi connectivity index (χ3n) is 3.47. The van der Waals surface area contributed by atoms with Crippen LogP contribution < -0.4 is 10.6 Å². The van der Waals surface area contributed by atoms with E-state index in [9.17, 15) is 13.2 Å². The lowest BCUT2D eigenvalue weighted by atomic mass is 9.97. The van der Waals surface area contributed by atoms with Gasteiger partial charge in [0.2, 0.25) is 0 Å². The number of hydrogen-bond acceptors (Lipinski definition) is 2. The lowest BCUT2D eigenvalue weighted by Crippen LogP contribution is -2.41. The molecule has 1 aliphatic rings.